The number of hydrogen-bond acceptors (Lipinski definition) is 1. The molecule has 0 heterocycles. The Balaban J connectivity index is 1.74. The molecule has 0 bridgehead atoms. The highest BCUT2D eigenvalue weighted by Gasteiger charge is 2.55. The summed E-state index contributed by atoms with van der Waals surface area (Å²) >= 11 is 7.02. The second kappa shape index (κ2) is 5.36. The second-order valence-electron chi connectivity index (χ2n) is 5.68. The summed E-state index contributed by atoms with van der Waals surface area (Å²) < 4.78 is 19.8. The van der Waals surface area contributed by atoms with Gasteiger partial charge in [0.2, 0.25) is 0 Å². The van der Waals surface area contributed by atoms with Gasteiger partial charge >= 0.3 is 0 Å². The second-order valence-corrected chi connectivity index (χ2v) is 7.64. The lowest BCUT2D eigenvalue weighted by atomic mass is 9.58. The van der Waals surface area contributed by atoms with E-state index >= 15 is 0 Å². The zero-order valence-electron chi connectivity index (χ0n) is 10.7. The van der Waals surface area contributed by atoms with Gasteiger partial charge in [-0.15, -0.1) is 0 Å². The first-order valence-electron chi connectivity index (χ1n) is 6.87. The summed E-state index contributed by atoms with van der Waals surface area (Å²) in [6, 6.07) is 4.91. The van der Waals surface area contributed by atoms with Crippen LogP contribution in [0.15, 0.2) is 22.7 Å². The lowest BCUT2D eigenvalue weighted by molar-refractivity contribution is -0.0601. The molecule has 2 unspecified atom stereocenters. The summed E-state index contributed by atoms with van der Waals surface area (Å²) in [6.45, 7) is 0. The monoisotopic (exact) mass is 390 g/mol. The minimum Gasteiger partial charge on any atom is -0.490 e. The van der Waals surface area contributed by atoms with Gasteiger partial charge in [0.1, 0.15) is 17.7 Å². The van der Waals surface area contributed by atoms with Crippen molar-refractivity contribution in [1.29, 1.82) is 0 Å². The number of alkyl halides is 1. The van der Waals surface area contributed by atoms with Crippen molar-refractivity contribution in [3.63, 3.8) is 0 Å². The Morgan fingerprint density at radius 3 is 2.58 bits per heavy atom. The number of rotatable bonds is 2. The molecule has 0 amide bonds. The quantitative estimate of drug-likeness (QED) is 0.608. The van der Waals surface area contributed by atoms with Crippen LogP contribution in [0.2, 0.25) is 0 Å². The lowest BCUT2D eigenvalue weighted by Crippen LogP contribution is -2.57. The Labute approximate surface area is 130 Å². The molecule has 0 N–H and O–H groups in total. The van der Waals surface area contributed by atoms with E-state index in [-0.39, 0.29) is 11.9 Å². The molecule has 2 aliphatic rings. The molecule has 19 heavy (non-hydrogen) atoms. The minimum atomic E-state index is -0.244. The predicted octanol–water partition coefficient (Wildman–Crippen LogP) is 5.45. The van der Waals surface area contributed by atoms with Gasteiger partial charge in [-0.05, 0) is 53.4 Å². The van der Waals surface area contributed by atoms with Crippen molar-refractivity contribution in [2.45, 2.75) is 49.5 Å². The van der Waals surface area contributed by atoms with Crippen molar-refractivity contribution in [2.24, 2.45) is 5.41 Å². The number of benzene rings is 1. The van der Waals surface area contributed by atoms with Crippen LogP contribution in [0.4, 0.5) is 4.39 Å². The molecule has 2 saturated carbocycles. The standard InChI is InChI=1S/C15H17Br2FO/c16-11-8-10(4-5-12(11)18)19-14-9-13(17)15(14)6-2-1-3-7-15/h4-5,8,13-14H,1-3,6-7,9H2. The van der Waals surface area contributed by atoms with Crippen LogP contribution in [0.5, 0.6) is 5.75 Å². The van der Waals surface area contributed by atoms with Crippen molar-refractivity contribution in [1.82, 2.24) is 0 Å². The van der Waals surface area contributed by atoms with Gasteiger partial charge in [0.15, 0.2) is 0 Å². The maximum atomic E-state index is 13.2. The van der Waals surface area contributed by atoms with Crippen molar-refractivity contribution in [3.05, 3.63) is 28.5 Å². The molecule has 4 heteroatoms. The summed E-state index contributed by atoms with van der Waals surface area (Å²) in [4.78, 5) is 0.578. The van der Waals surface area contributed by atoms with Gasteiger partial charge in [-0.3, -0.25) is 0 Å². The molecular formula is C15H17Br2FO. The molecule has 0 saturated heterocycles. The fourth-order valence-electron chi connectivity index (χ4n) is 3.42. The molecule has 3 rings (SSSR count). The van der Waals surface area contributed by atoms with Crippen LogP contribution in [-0.4, -0.2) is 10.9 Å². The Morgan fingerprint density at radius 1 is 1.21 bits per heavy atom. The molecule has 1 aromatic rings. The summed E-state index contributed by atoms with van der Waals surface area (Å²) in [5.41, 5.74) is 0.305. The highest BCUT2D eigenvalue weighted by molar-refractivity contribution is 9.10. The third kappa shape index (κ3) is 2.46. The fraction of sp³-hybridized carbons (Fsp3) is 0.600. The van der Waals surface area contributed by atoms with Crippen molar-refractivity contribution >= 4 is 31.9 Å². The first-order chi connectivity index (χ1) is 9.12. The molecule has 0 aliphatic heterocycles. The zero-order chi connectivity index (χ0) is 13.5. The highest BCUT2D eigenvalue weighted by Crippen LogP contribution is 2.56. The summed E-state index contributed by atoms with van der Waals surface area (Å²) in [7, 11) is 0. The average Bonchev–Trinajstić information content (AvgIpc) is 2.43. The van der Waals surface area contributed by atoms with Crippen LogP contribution in [0, 0.1) is 11.2 Å². The van der Waals surface area contributed by atoms with E-state index in [0.29, 0.717) is 14.7 Å². The van der Waals surface area contributed by atoms with E-state index in [1.165, 1.54) is 38.2 Å². The SMILES string of the molecule is Fc1ccc(OC2CC(Br)C23CCCCC3)cc1Br. The molecule has 104 valence electrons. The first kappa shape index (κ1) is 13.9. The lowest BCUT2D eigenvalue weighted by Gasteiger charge is -2.55. The molecule has 1 aromatic carbocycles. The first-order valence-corrected chi connectivity index (χ1v) is 8.58. The third-order valence-corrected chi connectivity index (χ3v) is 6.53. The van der Waals surface area contributed by atoms with Crippen molar-refractivity contribution in [3.8, 4) is 5.75 Å². The topological polar surface area (TPSA) is 9.23 Å². The van der Waals surface area contributed by atoms with E-state index in [0.717, 1.165) is 12.2 Å². The molecule has 0 aromatic heterocycles. The number of hydrogen-bond donors (Lipinski definition) is 0. The molecular weight excluding hydrogens is 375 g/mol. The van der Waals surface area contributed by atoms with Crippen molar-refractivity contribution < 1.29 is 9.13 Å². The smallest absolute Gasteiger partial charge is 0.137 e. The predicted molar refractivity (Wildman–Crippen MR) is 81.4 cm³/mol. The third-order valence-electron chi connectivity index (χ3n) is 4.64. The number of halogens is 3. The van der Waals surface area contributed by atoms with E-state index in [1.54, 1.807) is 12.1 Å². The summed E-state index contributed by atoms with van der Waals surface area (Å²) in [5.74, 6) is 0.523. The van der Waals surface area contributed by atoms with E-state index in [1.807, 2.05) is 0 Å². The van der Waals surface area contributed by atoms with Gasteiger partial charge in [0, 0.05) is 10.2 Å². The fourth-order valence-corrected chi connectivity index (χ4v) is 4.87. The summed E-state index contributed by atoms with van der Waals surface area (Å²) in [6.07, 6.45) is 7.76. The van der Waals surface area contributed by atoms with Gasteiger partial charge in [-0.2, -0.15) is 0 Å². The Kier molecular flexibility index (Phi) is 3.91. The maximum absolute atomic E-state index is 13.2. The van der Waals surface area contributed by atoms with Crippen LogP contribution in [0.25, 0.3) is 0 Å². The number of ether oxygens (including phenoxy) is 1. The summed E-state index contributed by atoms with van der Waals surface area (Å²) in [5, 5.41) is 0. The Bertz CT molecular complexity index is 471. The molecule has 0 radical (unpaired) electrons. The van der Waals surface area contributed by atoms with Crippen LogP contribution >= 0.6 is 31.9 Å². The molecule has 2 fully saturated rings. The van der Waals surface area contributed by atoms with Gasteiger partial charge in [0.05, 0.1) is 4.47 Å². The minimum absolute atomic E-state index is 0.244. The largest absolute Gasteiger partial charge is 0.490 e. The molecule has 1 nitrogen and oxygen atoms in total. The average molecular weight is 392 g/mol. The van der Waals surface area contributed by atoms with Crippen LogP contribution in [0.1, 0.15) is 38.5 Å². The van der Waals surface area contributed by atoms with Gasteiger partial charge in [-0.25, -0.2) is 4.39 Å². The van der Waals surface area contributed by atoms with Crippen LogP contribution < -0.4 is 4.74 Å². The van der Waals surface area contributed by atoms with E-state index in [2.05, 4.69) is 31.9 Å². The Morgan fingerprint density at radius 2 is 1.95 bits per heavy atom. The molecule has 1 spiro atoms. The van der Waals surface area contributed by atoms with E-state index < -0.39 is 0 Å². The van der Waals surface area contributed by atoms with E-state index in [4.69, 9.17) is 4.74 Å². The van der Waals surface area contributed by atoms with Gasteiger partial charge in [-0.1, -0.05) is 35.2 Å². The highest BCUT2D eigenvalue weighted by atomic mass is 79.9. The van der Waals surface area contributed by atoms with Gasteiger partial charge in [0.25, 0.3) is 0 Å². The molecule has 2 aliphatic carbocycles. The van der Waals surface area contributed by atoms with E-state index in [9.17, 15) is 4.39 Å². The molecule has 2 atom stereocenters. The van der Waals surface area contributed by atoms with Crippen molar-refractivity contribution in [2.75, 3.05) is 0 Å². The Hall–Kier alpha value is -0.0900. The normalized spacial score (nSPS) is 29.0. The maximum Gasteiger partial charge on any atom is 0.137 e. The zero-order valence-corrected chi connectivity index (χ0v) is 13.8. The van der Waals surface area contributed by atoms with Gasteiger partial charge < -0.3 is 4.74 Å². The van der Waals surface area contributed by atoms with Crippen LogP contribution in [-0.2, 0) is 0 Å². The van der Waals surface area contributed by atoms with Crippen LogP contribution in [0.3, 0.4) is 0 Å².